The van der Waals surface area contributed by atoms with E-state index < -0.39 is 0 Å². The molecule has 2 aromatic carbocycles. The first kappa shape index (κ1) is 18.5. The number of anilines is 1. The largest absolute Gasteiger partial charge is 0.495 e. The second kappa shape index (κ2) is 7.26. The van der Waals surface area contributed by atoms with Gasteiger partial charge >= 0.3 is 0 Å². The number of aromatic nitrogens is 2. The quantitative estimate of drug-likeness (QED) is 0.543. The Bertz CT molecular complexity index is 1280. The first-order valence-corrected chi connectivity index (χ1v) is 9.69. The first-order chi connectivity index (χ1) is 13.5. The van der Waals surface area contributed by atoms with Crippen LogP contribution in [0.3, 0.4) is 0 Å². The van der Waals surface area contributed by atoms with Crippen LogP contribution in [0.1, 0.15) is 5.82 Å². The van der Waals surface area contributed by atoms with E-state index in [1.165, 1.54) is 23.0 Å². The lowest BCUT2D eigenvalue weighted by Gasteiger charge is -2.12. The molecule has 1 amide bonds. The molecule has 4 rings (SSSR count). The molecule has 0 aliphatic carbocycles. The molecule has 2 heterocycles. The third-order valence-corrected chi connectivity index (χ3v) is 5.79. The molecule has 0 spiro atoms. The highest BCUT2D eigenvalue weighted by Gasteiger charge is 2.16. The summed E-state index contributed by atoms with van der Waals surface area (Å²) in [4.78, 5) is 30.2. The van der Waals surface area contributed by atoms with Crippen LogP contribution in [0.4, 0.5) is 5.69 Å². The number of halogens is 1. The summed E-state index contributed by atoms with van der Waals surface area (Å²) in [5.74, 6) is 0.599. The number of rotatable bonds is 4. The normalized spacial score (nSPS) is 11.1. The van der Waals surface area contributed by atoms with Crippen molar-refractivity contribution in [1.82, 2.24) is 9.55 Å². The predicted molar refractivity (Wildman–Crippen MR) is 113 cm³/mol. The highest BCUT2D eigenvalue weighted by molar-refractivity contribution is 7.25. The molecule has 0 unspecified atom stereocenters. The Kier molecular flexibility index (Phi) is 4.78. The Morgan fingerprint density at radius 3 is 2.86 bits per heavy atom. The summed E-state index contributed by atoms with van der Waals surface area (Å²) in [6, 6.07) is 12.7. The van der Waals surface area contributed by atoms with Crippen LogP contribution in [-0.2, 0) is 11.3 Å². The monoisotopic (exact) mass is 413 g/mol. The smallest absolute Gasteiger partial charge is 0.272 e. The van der Waals surface area contributed by atoms with Gasteiger partial charge in [-0.3, -0.25) is 14.2 Å². The van der Waals surface area contributed by atoms with E-state index in [1.54, 1.807) is 25.1 Å². The molecular weight excluding hydrogens is 398 g/mol. The van der Waals surface area contributed by atoms with Gasteiger partial charge in [-0.05, 0) is 31.2 Å². The molecule has 0 radical (unpaired) electrons. The summed E-state index contributed by atoms with van der Waals surface area (Å²) in [7, 11) is 1.51. The molecule has 0 saturated carbocycles. The highest BCUT2D eigenvalue weighted by atomic mass is 35.5. The number of hydrogen-bond donors (Lipinski definition) is 1. The minimum absolute atomic E-state index is 0.155. The molecular formula is C20H16ClN3O3S. The van der Waals surface area contributed by atoms with Crippen molar-refractivity contribution in [3.8, 4) is 5.75 Å². The lowest BCUT2D eigenvalue weighted by atomic mass is 10.2. The number of thiophene rings is 1. The zero-order valence-corrected chi connectivity index (χ0v) is 16.7. The van der Waals surface area contributed by atoms with Gasteiger partial charge in [0.05, 0.1) is 18.3 Å². The average molecular weight is 414 g/mol. The van der Waals surface area contributed by atoms with Gasteiger partial charge in [-0.15, -0.1) is 11.3 Å². The van der Waals surface area contributed by atoms with Crippen molar-refractivity contribution in [2.75, 3.05) is 12.4 Å². The molecule has 4 aromatic rings. The summed E-state index contributed by atoms with van der Waals surface area (Å²) >= 11 is 7.39. The molecule has 0 aliphatic heterocycles. The van der Waals surface area contributed by atoms with Crippen LogP contribution >= 0.6 is 22.9 Å². The molecule has 0 bridgehead atoms. The van der Waals surface area contributed by atoms with Gasteiger partial charge in [-0.25, -0.2) is 4.98 Å². The zero-order chi connectivity index (χ0) is 19.8. The Hall–Kier alpha value is -2.90. The molecule has 1 N–H and O–H groups in total. The SMILES string of the molecule is COc1ccc(Cl)cc1NC(=O)Cn1c(C)nc2c(sc3ccccc32)c1=O. The molecule has 28 heavy (non-hydrogen) atoms. The second-order valence-electron chi connectivity index (χ2n) is 6.22. The van der Waals surface area contributed by atoms with E-state index in [9.17, 15) is 9.59 Å². The number of carbonyl (C=O) groups is 1. The van der Waals surface area contributed by atoms with Gasteiger partial charge in [0.15, 0.2) is 0 Å². The van der Waals surface area contributed by atoms with Crippen molar-refractivity contribution in [3.05, 3.63) is 63.7 Å². The average Bonchev–Trinajstić information content (AvgIpc) is 3.04. The number of amides is 1. The fourth-order valence-electron chi connectivity index (χ4n) is 3.08. The second-order valence-corrected chi connectivity index (χ2v) is 7.71. The number of nitrogens with zero attached hydrogens (tertiary/aromatic N) is 2. The van der Waals surface area contributed by atoms with Crippen molar-refractivity contribution in [3.63, 3.8) is 0 Å². The summed E-state index contributed by atoms with van der Waals surface area (Å²) < 4.78 is 8.15. The molecule has 2 aromatic heterocycles. The van der Waals surface area contributed by atoms with E-state index in [0.29, 0.717) is 32.5 Å². The molecule has 0 saturated heterocycles. The third-order valence-electron chi connectivity index (χ3n) is 4.41. The van der Waals surface area contributed by atoms with Crippen molar-refractivity contribution in [2.24, 2.45) is 0 Å². The highest BCUT2D eigenvalue weighted by Crippen LogP contribution is 2.30. The summed E-state index contributed by atoms with van der Waals surface area (Å²) in [5, 5.41) is 4.16. The van der Waals surface area contributed by atoms with Crippen molar-refractivity contribution < 1.29 is 9.53 Å². The van der Waals surface area contributed by atoms with Crippen molar-refractivity contribution in [2.45, 2.75) is 13.5 Å². The van der Waals surface area contributed by atoms with Gasteiger partial charge in [-0.1, -0.05) is 29.8 Å². The van der Waals surface area contributed by atoms with E-state index in [0.717, 1.165) is 10.1 Å². The lowest BCUT2D eigenvalue weighted by Crippen LogP contribution is -2.29. The Morgan fingerprint density at radius 1 is 1.29 bits per heavy atom. The lowest BCUT2D eigenvalue weighted by molar-refractivity contribution is -0.116. The predicted octanol–water partition coefficient (Wildman–Crippen LogP) is 4.22. The molecule has 6 nitrogen and oxygen atoms in total. The number of fused-ring (bicyclic) bond motifs is 3. The fourth-order valence-corrected chi connectivity index (χ4v) is 4.34. The van der Waals surface area contributed by atoms with E-state index in [4.69, 9.17) is 16.3 Å². The first-order valence-electron chi connectivity index (χ1n) is 8.50. The van der Waals surface area contributed by atoms with Crippen LogP contribution in [0.2, 0.25) is 5.02 Å². The maximum absolute atomic E-state index is 13.0. The van der Waals surface area contributed by atoms with Gasteiger partial charge in [0.25, 0.3) is 5.56 Å². The number of nitrogens with one attached hydrogen (secondary N) is 1. The fraction of sp³-hybridized carbons (Fsp3) is 0.150. The van der Waals surface area contributed by atoms with Crippen LogP contribution in [-0.4, -0.2) is 22.6 Å². The third kappa shape index (κ3) is 3.23. The molecule has 8 heteroatoms. The minimum Gasteiger partial charge on any atom is -0.495 e. The van der Waals surface area contributed by atoms with E-state index in [-0.39, 0.29) is 18.0 Å². The van der Waals surface area contributed by atoms with Crippen LogP contribution in [0.15, 0.2) is 47.3 Å². The van der Waals surface area contributed by atoms with E-state index >= 15 is 0 Å². The van der Waals surface area contributed by atoms with Crippen LogP contribution in [0, 0.1) is 6.92 Å². The topological polar surface area (TPSA) is 73.2 Å². The summed E-state index contributed by atoms with van der Waals surface area (Å²) in [6.07, 6.45) is 0. The number of carbonyl (C=O) groups excluding carboxylic acids is 1. The maximum Gasteiger partial charge on any atom is 0.272 e. The molecule has 0 atom stereocenters. The summed E-state index contributed by atoms with van der Waals surface area (Å²) in [5.41, 5.74) is 0.898. The van der Waals surface area contributed by atoms with Gasteiger partial charge in [-0.2, -0.15) is 0 Å². The van der Waals surface area contributed by atoms with Gasteiger partial charge in [0, 0.05) is 15.1 Å². The molecule has 0 aliphatic rings. The Balaban J connectivity index is 1.70. The zero-order valence-electron chi connectivity index (χ0n) is 15.2. The molecule has 0 fully saturated rings. The standard InChI is InChI=1S/C20H16ClN3O3S/c1-11-22-18-13-5-3-4-6-16(13)28-19(18)20(26)24(11)10-17(25)23-14-9-12(21)7-8-15(14)27-2/h3-9H,10H2,1-2H3,(H,23,25). The minimum atomic E-state index is -0.368. The van der Waals surface area contributed by atoms with Crippen LogP contribution < -0.4 is 15.6 Å². The van der Waals surface area contributed by atoms with Gasteiger partial charge in [0.1, 0.15) is 22.8 Å². The van der Waals surface area contributed by atoms with E-state index in [1.807, 2.05) is 24.3 Å². The number of hydrogen-bond acceptors (Lipinski definition) is 5. The van der Waals surface area contributed by atoms with Gasteiger partial charge in [0.2, 0.25) is 5.91 Å². The molecule has 142 valence electrons. The van der Waals surface area contributed by atoms with Crippen molar-refractivity contribution in [1.29, 1.82) is 0 Å². The number of benzene rings is 2. The van der Waals surface area contributed by atoms with Crippen LogP contribution in [0.25, 0.3) is 20.3 Å². The Labute approximate surface area is 169 Å². The Morgan fingerprint density at radius 2 is 2.07 bits per heavy atom. The van der Waals surface area contributed by atoms with Gasteiger partial charge < -0.3 is 10.1 Å². The number of ether oxygens (including phenoxy) is 1. The van der Waals surface area contributed by atoms with Crippen LogP contribution in [0.5, 0.6) is 5.75 Å². The van der Waals surface area contributed by atoms with E-state index in [2.05, 4.69) is 10.3 Å². The van der Waals surface area contributed by atoms with Crippen molar-refractivity contribution >= 4 is 54.8 Å². The summed E-state index contributed by atoms with van der Waals surface area (Å²) in [6.45, 7) is 1.57. The maximum atomic E-state index is 13.0. The number of methoxy groups -OCH3 is 1. The number of aryl methyl sites for hydroxylation is 1.